The van der Waals surface area contributed by atoms with E-state index in [1.54, 1.807) is 6.08 Å². The average molecular weight is 315 g/mol. The zero-order valence-electron chi connectivity index (χ0n) is 14.3. The van der Waals surface area contributed by atoms with E-state index >= 15 is 0 Å². The minimum atomic E-state index is -0.896. The summed E-state index contributed by atoms with van der Waals surface area (Å²) in [6, 6.07) is -0.680. The zero-order valence-corrected chi connectivity index (χ0v) is 14.3. The maximum Gasteiger partial charge on any atom is 0.0895 e. The third-order valence-electron chi connectivity index (χ3n) is 4.03. The molecule has 0 heterocycles. The van der Waals surface area contributed by atoms with Crippen LogP contribution in [0.1, 0.15) is 77.6 Å². The van der Waals surface area contributed by atoms with Crippen molar-refractivity contribution in [1.29, 1.82) is 0 Å². The van der Waals surface area contributed by atoms with Gasteiger partial charge in [-0.15, -0.1) is 0 Å². The third kappa shape index (κ3) is 13.3. The van der Waals surface area contributed by atoms with Crippen LogP contribution in [0.25, 0.3) is 0 Å². The number of nitrogens with two attached hydrogens (primary N) is 1. The van der Waals surface area contributed by atoms with Crippen LogP contribution in [0.15, 0.2) is 12.2 Å². The molecule has 0 bridgehead atoms. The minimum absolute atomic E-state index is 0.264. The van der Waals surface area contributed by atoms with E-state index in [1.807, 2.05) is 0 Å². The quantitative estimate of drug-likeness (QED) is 0.276. The molecular weight excluding hydrogens is 278 g/mol. The summed E-state index contributed by atoms with van der Waals surface area (Å²) in [7, 11) is 0. The Bertz CT molecular complexity index is 259. The Morgan fingerprint density at radius 1 is 0.818 bits per heavy atom. The molecule has 4 nitrogen and oxygen atoms in total. The van der Waals surface area contributed by atoms with E-state index in [1.165, 1.54) is 57.4 Å². The van der Waals surface area contributed by atoms with E-state index < -0.39 is 18.2 Å². The van der Waals surface area contributed by atoms with E-state index in [0.29, 0.717) is 6.42 Å². The van der Waals surface area contributed by atoms with Crippen molar-refractivity contribution in [3.63, 3.8) is 0 Å². The van der Waals surface area contributed by atoms with Gasteiger partial charge in [0.25, 0.3) is 0 Å². The summed E-state index contributed by atoms with van der Waals surface area (Å²) in [5.74, 6) is 0. The summed E-state index contributed by atoms with van der Waals surface area (Å²) >= 11 is 0. The molecule has 0 radical (unpaired) electrons. The molecule has 0 aliphatic rings. The first-order chi connectivity index (χ1) is 10.6. The first kappa shape index (κ1) is 21.6. The fourth-order valence-electron chi connectivity index (χ4n) is 2.43. The molecule has 0 unspecified atom stereocenters. The first-order valence-electron chi connectivity index (χ1n) is 9.02. The van der Waals surface area contributed by atoms with Crippen molar-refractivity contribution < 1.29 is 15.3 Å². The van der Waals surface area contributed by atoms with E-state index in [2.05, 4.69) is 6.92 Å². The monoisotopic (exact) mass is 315 g/mol. The lowest BCUT2D eigenvalue weighted by Gasteiger charge is -2.13. The molecule has 5 N–H and O–H groups in total. The highest BCUT2D eigenvalue weighted by atomic mass is 16.3. The Balaban J connectivity index is 3.42. The normalized spacial score (nSPS) is 16.0. The van der Waals surface area contributed by atoms with Crippen LogP contribution in [0.5, 0.6) is 0 Å². The van der Waals surface area contributed by atoms with Crippen molar-refractivity contribution in [2.45, 2.75) is 95.8 Å². The molecule has 0 fully saturated rings. The summed E-state index contributed by atoms with van der Waals surface area (Å²) in [6.45, 7) is 1.98. The molecule has 0 aromatic carbocycles. The molecule has 22 heavy (non-hydrogen) atoms. The molecule has 0 rings (SSSR count). The smallest absolute Gasteiger partial charge is 0.0895 e. The second-order valence-corrected chi connectivity index (χ2v) is 6.26. The van der Waals surface area contributed by atoms with Gasteiger partial charge in [0.05, 0.1) is 24.9 Å². The van der Waals surface area contributed by atoms with Gasteiger partial charge in [0, 0.05) is 0 Å². The van der Waals surface area contributed by atoms with Gasteiger partial charge in [-0.2, -0.15) is 0 Å². The summed E-state index contributed by atoms with van der Waals surface area (Å²) in [4.78, 5) is 0. The van der Waals surface area contributed by atoms with Crippen LogP contribution in [-0.4, -0.2) is 40.2 Å². The predicted octanol–water partition coefficient (Wildman–Crippen LogP) is 2.90. The maximum absolute atomic E-state index is 9.77. The van der Waals surface area contributed by atoms with Gasteiger partial charge in [0.2, 0.25) is 0 Å². The molecule has 0 aliphatic heterocycles. The highest BCUT2D eigenvalue weighted by Gasteiger charge is 2.10. The predicted molar refractivity (Wildman–Crippen MR) is 92.7 cm³/mol. The Labute approximate surface area is 136 Å². The largest absolute Gasteiger partial charge is 0.395 e. The number of aliphatic hydroxyl groups excluding tert-OH is 3. The number of unbranched alkanes of at least 4 members (excludes halogenated alkanes) is 9. The van der Waals surface area contributed by atoms with E-state index in [9.17, 15) is 10.2 Å². The van der Waals surface area contributed by atoms with E-state index in [0.717, 1.165) is 12.8 Å². The topological polar surface area (TPSA) is 86.7 Å². The second-order valence-electron chi connectivity index (χ2n) is 6.26. The molecule has 0 aliphatic carbocycles. The SMILES string of the molecule is CCCCCCCCCCCC[C@@H](O)/C=C/[C@@H](O)[C@@H](N)CO. The van der Waals surface area contributed by atoms with Gasteiger partial charge in [-0.3, -0.25) is 0 Å². The minimum Gasteiger partial charge on any atom is -0.395 e. The summed E-state index contributed by atoms with van der Waals surface area (Å²) < 4.78 is 0. The molecule has 0 aromatic rings. The van der Waals surface area contributed by atoms with Gasteiger partial charge in [0.15, 0.2) is 0 Å². The first-order valence-corrected chi connectivity index (χ1v) is 9.02. The van der Waals surface area contributed by atoms with Crippen LogP contribution in [0.2, 0.25) is 0 Å². The maximum atomic E-state index is 9.77. The molecular formula is C18H37NO3. The van der Waals surface area contributed by atoms with Gasteiger partial charge in [-0.05, 0) is 6.42 Å². The van der Waals surface area contributed by atoms with Gasteiger partial charge in [-0.1, -0.05) is 83.3 Å². The standard InChI is InChI=1S/C18H37NO3/c1-2-3-4-5-6-7-8-9-10-11-12-16(21)13-14-18(22)17(19)15-20/h13-14,16-18,20-22H,2-12,15,19H2,1H3/b14-13+/t16-,17+,18-/m1/s1. The lowest BCUT2D eigenvalue weighted by molar-refractivity contribution is 0.141. The lowest BCUT2D eigenvalue weighted by atomic mass is 10.0. The summed E-state index contributed by atoms with van der Waals surface area (Å²) in [6.07, 6.45) is 15.1. The van der Waals surface area contributed by atoms with Gasteiger partial charge in [0.1, 0.15) is 0 Å². The lowest BCUT2D eigenvalue weighted by Crippen LogP contribution is -2.36. The van der Waals surface area contributed by atoms with Crippen molar-refractivity contribution in [2.75, 3.05) is 6.61 Å². The average Bonchev–Trinajstić information content (AvgIpc) is 2.53. The van der Waals surface area contributed by atoms with Gasteiger partial charge >= 0.3 is 0 Å². The van der Waals surface area contributed by atoms with Crippen LogP contribution >= 0.6 is 0 Å². The molecule has 0 saturated heterocycles. The molecule has 0 saturated carbocycles. The zero-order chi connectivity index (χ0) is 16.6. The van der Waals surface area contributed by atoms with Crippen molar-refractivity contribution in [1.82, 2.24) is 0 Å². The molecule has 3 atom stereocenters. The van der Waals surface area contributed by atoms with Gasteiger partial charge in [-0.25, -0.2) is 0 Å². The summed E-state index contributed by atoms with van der Waals surface area (Å²) in [5, 5.41) is 28.1. The van der Waals surface area contributed by atoms with Crippen molar-refractivity contribution >= 4 is 0 Å². The summed E-state index contributed by atoms with van der Waals surface area (Å²) in [5.41, 5.74) is 5.48. The van der Waals surface area contributed by atoms with Crippen molar-refractivity contribution in [2.24, 2.45) is 5.73 Å². The Morgan fingerprint density at radius 2 is 1.32 bits per heavy atom. The molecule has 4 heteroatoms. The van der Waals surface area contributed by atoms with Crippen molar-refractivity contribution in [3.05, 3.63) is 12.2 Å². The number of hydrogen-bond acceptors (Lipinski definition) is 4. The Kier molecular flexibility index (Phi) is 15.2. The van der Waals surface area contributed by atoms with E-state index in [-0.39, 0.29) is 6.61 Å². The molecule has 0 aromatic heterocycles. The van der Waals surface area contributed by atoms with Crippen LogP contribution in [0.4, 0.5) is 0 Å². The van der Waals surface area contributed by atoms with Crippen LogP contribution in [0.3, 0.4) is 0 Å². The molecule has 0 amide bonds. The number of hydrogen-bond donors (Lipinski definition) is 4. The second kappa shape index (κ2) is 15.5. The Hall–Kier alpha value is -0.420. The van der Waals surface area contributed by atoms with Crippen LogP contribution < -0.4 is 5.73 Å². The molecule has 132 valence electrons. The van der Waals surface area contributed by atoms with E-state index in [4.69, 9.17) is 10.8 Å². The van der Waals surface area contributed by atoms with Crippen molar-refractivity contribution in [3.8, 4) is 0 Å². The Morgan fingerprint density at radius 3 is 1.82 bits per heavy atom. The van der Waals surface area contributed by atoms with Crippen LogP contribution in [0, 0.1) is 0 Å². The number of rotatable bonds is 15. The third-order valence-corrected chi connectivity index (χ3v) is 4.03. The van der Waals surface area contributed by atoms with Gasteiger partial charge < -0.3 is 21.1 Å². The van der Waals surface area contributed by atoms with Crippen LogP contribution in [-0.2, 0) is 0 Å². The number of aliphatic hydroxyl groups is 3. The molecule has 0 spiro atoms. The fraction of sp³-hybridized carbons (Fsp3) is 0.889. The fourth-order valence-corrected chi connectivity index (χ4v) is 2.43. The highest BCUT2D eigenvalue weighted by molar-refractivity contribution is 4.97. The highest BCUT2D eigenvalue weighted by Crippen LogP contribution is 2.12.